The van der Waals surface area contributed by atoms with E-state index in [0.29, 0.717) is 43.7 Å². The van der Waals surface area contributed by atoms with Gasteiger partial charge in [0.1, 0.15) is 11.5 Å². The highest BCUT2D eigenvalue weighted by Gasteiger charge is 2.60. The first-order chi connectivity index (χ1) is 15.4. The van der Waals surface area contributed by atoms with Gasteiger partial charge in [-0.1, -0.05) is 46.9 Å². The molecule has 1 saturated heterocycles. The first-order valence-corrected chi connectivity index (χ1v) is 12.3. The number of ether oxygens (including phenoxy) is 3. The number of hydrogen-bond donors (Lipinski definition) is 1. The molecule has 0 radical (unpaired) electrons. The van der Waals surface area contributed by atoms with Crippen LogP contribution < -0.4 is 4.74 Å². The van der Waals surface area contributed by atoms with Crippen molar-refractivity contribution in [1.82, 2.24) is 0 Å². The molecule has 8 heteroatoms. The number of carbonyl (C=O) groups is 1. The first kappa shape index (κ1) is 37.4. The second-order valence-electron chi connectivity index (χ2n) is 10.9. The van der Waals surface area contributed by atoms with Crippen molar-refractivity contribution in [1.29, 1.82) is 0 Å². The lowest BCUT2D eigenvalue weighted by molar-refractivity contribution is -0.208. The summed E-state index contributed by atoms with van der Waals surface area (Å²) in [6, 6.07) is 8.34. The third-order valence-electron chi connectivity index (χ3n) is 9.46. The first-order valence-electron chi connectivity index (χ1n) is 12.3. The molecule has 5 atom stereocenters. The number of methoxy groups -OCH3 is 1. The van der Waals surface area contributed by atoms with Gasteiger partial charge in [0.05, 0.1) is 25.9 Å². The van der Waals surface area contributed by atoms with Crippen molar-refractivity contribution in [3.05, 3.63) is 41.0 Å². The molecule has 0 amide bonds. The monoisotopic (exact) mass is 588 g/mol. The molecule has 38 heavy (non-hydrogen) atoms. The number of benzene rings is 1. The van der Waals surface area contributed by atoms with Crippen molar-refractivity contribution in [2.45, 2.75) is 97.9 Å². The lowest BCUT2D eigenvalue weighted by Gasteiger charge is -2.55. The molecule has 1 spiro atoms. The molecular weight excluding hydrogens is 537 g/mol. The standard InChI is InChI=1S/C27H34O5.3CH4.3H2S/c1-25-15-20(17-3-5-18(30-2)6-4-17)24-19(21(25)7-8-23(25)28)9-11-26(29)16-27(12-10-22(24)26)31-13-14-32-27;;;;;;/h3-6,19-21,29H,7-16H2,1-2H3;3*1H4;3*1H2/t19-,20+,21-,25-,26+;;;;;;/m0....../s1. The molecular formula is C30H52O5S3. The Bertz CT molecular complexity index is 975. The van der Waals surface area contributed by atoms with Crippen molar-refractivity contribution in [2.24, 2.45) is 17.3 Å². The lowest BCUT2D eigenvalue weighted by Crippen LogP contribution is -2.53. The maximum Gasteiger partial charge on any atom is 0.171 e. The summed E-state index contributed by atoms with van der Waals surface area (Å²) >= 11 is 0. The van der Waals surface area contributed by atoms with Gasteiger partial charge in [-0.3, -0.25) is 4.79 Å². The van der Waals surface area contributed by atoms with Crippen LogP contribution in [-0.2, 0) is 14.3 Å². The molecule has 1 aromatic rings. The predicted molar refractivity (Wildman–Crippen MR) is 171 cm³/mol. The third kappa shape index (κ3) is 5.60. The van der Waals surface area contributed by atoms with Crippen molar-refractivity contribution >= 4 is 46.3 Å². The zero-order chi connectivity index (χ0) is 22.1. The Balaban J connectivity index is 0.00000228. The van der Waals surface area contributed by atoms with Gasteiger partial charge in [-0.25, -0.2) is 0 Å². The second kappa shape index (κ2) is 13.3. The number of rotatable bonds is 2. The zero-order valence-electron chi connectivity index (χ0n) is 20.7. The Labute approximate surface area is 251 Å². The average Bonchev–Trinajstić information content (AvgIpc) is 3.36. The predicted octanol–water partition coefficient (Wildman–Crippen LogP) is 6.78. The molecule has 5 nitrogen and oxygen atoms in total. The number of hydrogen-bond acceptors (Lipinski definition) is 5. The zero-order valence-corrected chi connectivity index (χ0v) is 23.7. The summed E-state index contributed by atoms with van der Waals surface area (Å²) in [4.78, 5) is 13.1. The summed E-state index contributed by atoms with van der Waals surface area (Å²) in [5, 5.41) is 12.0. The largest absolute Gasteiger partial charge is 0.497 e. The molecule has 6 rings (SSSR count). The minimum atomic E-state index is -0.866. The Morgan fingerprint density at radius 3 is 2.18 bits per heavy atom. The SMILES string of the molecule is C.C.C.COc1ccc([C@H]2C[C@]3(C)C(=O)CC[C@H]3[C@@H]3CC[C@@]4(O)CC5(CCC4=C32)OCCO5)cc1.S.S.S. The van der Waals surface area contributed by atoms with E-state index >= 15 is 0 Å². The van der Waals surface area contributed by atoms with E-state index in [4.69, 9.17) is 14.2 Å². The molecule has 1 aliphatic heterocycles. The van der Waals surface area contributed by atoms with Crippen molar-refractivity contribution in [2.75, 3.05) is 20.3 Å². The molecule has 4 aliphatic carbocycles. The van der Waals surface area contributed by atoms with Gasteiger partial charge in [0, 0.05) is 30.6 Å². The fourth-order valence-corrected chi connectivity index (χ4v) is 7.92. The van der Waals surface area contributed by atoms with Crippen LogP contribution in [0.25, 0.3) is 0 Å². The van der Waals surface area contributed by atoms with Crippen LogP contribution in [0.3, 0.4) is 0 Å². The summed E-state index contributed by atoms with van der Waals surface area (Å²) in [5.74, 6) is 1.59. The highest BCUT2D eigenvalue weighted by Crippen LogP contribution is 2.64. The quantitative estimate of drug-likeness (QED) is 0.386. The van der Waals surface area contributed by atoms with Crippen molar-refractivity contribution in [3.63, 3.8) is 0 Å². The van der Waals surface area contributed by atoms with E-state index in [1.54, 1.807) is 7.11 Å². The van der Waals surface area contributed by atoms with Crippen molar-refractivity contribution < 1.29 is 24.1 Å². The highest BCUT2D eigenvalue weighted by molar-refractivity contribution is 7.59. The van der Waals surface area contributed by atoms with E-state index in [-0.39, 0.29) is 74.1 Å². The van der Waals surface area contributed by atoms with Gasteiger partial charge >= 0.3 is 0 Å². The minimum Gasteiger partial charge on any atom is -0.497 e. The van der Waals surface area contributed by atoms with Crippen LogP contribution >= 0.6 is 40.5 Å². The van der Waals surface area contributed by atoms with Crippen LogP contribution in [0.15, 0.2) is 35.4 Å². The number of allylic oxidation sites excluding steroid dienone is 1. The average molecular weight is 589 g/mol. The molecule has 1 N–H and O–H groups in total. The Kier molecular flexibility index (Phi) is 13.1. The van der Waals surface area contributed by atoms with Crippen LogP contribution in [0, 0.1) is 17.3 Å². The van der Waals surface area contributed by atoms with Gasteiger partial charge in [-0.05, 0) is 67.2 Å². The van der Waals surface area contributed by atoms with Gasteiger partial charge in [-0.2, -0.15) is 40.5 Å². The van der Waals surface area contributed by atoms with Crippen LogP contribution in [0.1, 0.15) is 92.1 Å². The van der Waals surface area contributed by atoms with Crippen LogP contribution in [0.5, 0.6) is 5.75 Å². The molecule has 0 aromatic heterocycles. The molecule has 3 saturated carbocycles. The van der Waals surface area contributed by atoms with E-state index in [9.17, 15) is 9.90 Å². The van der Waals surface area contributed by atoms with E-state index < -0.39 is 11.4 Å². The van der Waals surface area contributed by atoms with Gasteiger partial charge < -0.3 is 19.3 Å². The molecule has 4 fully saturated rings. The highest BCUT2D eigenvalue weighted by atomic mass is 32.1. The Morgan fingerprint density at radius 1 is 0.947 bits per heavy atom. The number of fused-ring (bicyclic) bond motifs is 4. The van der Waals surface area contributed by atoms with E-state index in [1.807, 2.05) is 12.1 Å². The molecule has 1 aromatic carbocycles. The summed E-state index contributed by atoms with van der Waals surface area (Å²) < 4.78 is 17.4. The summed E-state index contributed by atoms with van der Waals surface area (Å²) in [7, 11) is 1.69. The van der Waals surface area contributed by atoms with E-state index in [2.05, 4.69) is 19.1 Å². The van der Waals surface area contributed by atoms with Gasteiger partial charge in [-0.15, -0.1) is 0 Å². The summed E-state index contributed by atoms with van der Waals surface area (Å²) in [6.07, 6.45) is 6.34. The maximum atomic E-state index is 13.1. The second-order valence-corrected chi connectivity index (χ2v) is 10.9. The molecule has 0 bridgehead atoms. The molecule has 220 valence electrons. The normalized spacial score (nSPS) is 33.9. The molecule has 5 aliphatic rings. The fourth-order valence-electron chi connectivity index (χ4n) is 7.92. The Hall–Kier alpha value is -0.640. The van der Waals surface area contributed by atoms with Gasteiger partial charge in [0.15, 0.2) is 5.79 Å². The van der Waals surface area contributed by atoms with Crippen molar-refractivity contribution in [3.8, 4) is 5.75 Å². The fraction of sp³-hybridized carbons (Fsp3) is 0.700. The number of carbonyl (C=O) groups excluding carboxylic acids is 1. The molecule has 0 unspecified atom stereocenters. The third-order valence-corrected chi connectivity index (χ3v) is 9.46. The van der Waals surface area contributed by atoms with E-state index in [0.717, 1.165) is 44.3 Å². The summed E-state index contributed by atoms with van der Waals surface area (Å²) in [6.45, 7) is 3.44. The van der Waals surface area contributed by atoms with Gasteiger partial charge in [0.25, 0.3) is 0 Å². The van der Waals surface area contributed by atoms with Crippen LogP contribution in [0.2, 0.25) is 0 Å². The topological polar surface area (TPSA) is 65.0 Å². The van der Waals surface area contributed by atoms with Crippen LogP contribution in [0.4, 0.5) is 0 Å². The maximum absolute atomic E-state index is 13.1. The number of Topliss-reactive ketones (excluding diaryl/α,β-unsaturated/α-hetero) is 1. The lowest BCUT2D eigenvalue weighted by atomic mass is 9.51. The molecule has 1 heterocycles. The minimum absolute atomic E-state index is 0. The van der Waals surface area contributed by atoms with Gasteiger partial charge in [0.2, 0.25) is 0 Å². The smallest absolute Gasteiger partial charge is 0.171 e. The Morgan fingerprint density at radius 2 is 1.58 bits per heavy atom. The number of aliphatic hydroxyl groups is 1. The summed E-state index contributed by atoms with van der Waals surface area (Å²) in [5.41, 5.74) is 2.75. The van der Waals surface area contributed by atoms with E-state index in [1.165, 1.54) is 16.7 Å². The van der Waals surface area contributed by atoms with Crippen LogP contribution in [-0.4, -0.2) is 42.6 Å². The number of ketones is 1.